The molecule has 1 aliphatic heterocycles. The summed E-state index contributed by atoms with van der Waals surface area (Å²) >= 11 is 0. The fraction of sp³-hybridized carbons (Fsp3) is 1.00. The quantitative estimate of drug-likeness (QED) is 0.485. The van der Waals surface area contributed by atoms with E-state index in [1.165, 1.54) is 0 Å². The van der Waals surface area contributed by atoms with Gasteiger partial charge in [0.1, 0.15) is 0 Å². The Hall–Kier alpha value is -0.160. The minimum absolute atomic E-state index is 0.118. The highest BCUT2D eigenvalue weighted by Gasteiger charge is 2.28. The van der Waals surface area contributed by atoms with Gasteiger partial charge in [-0.15, -0.1) is 0 Å². The van der Waals surface area contributed by atoms with Crippen LogP contribution in [0, 0.1) is 0 Å². The maximum atomic E-state index is 9.87. The van der Waals surface area contributed by atoms with Crippen LogP contribution in [0.4, 0.5) is 0 Å². The number of hydrogen-bond acceptors (Lipinski definition) is 4. The molecule has 72 valence electrons. The first-order valence-electron chi connectivity index (χ1n) is 4.38. The summed E-state index contributed by atoms with van der Waals surface area (Å²) in [5.41, 5.74) is -0.618. The van der Waals surface area contributed by atoms with Gasteiger partial charge in [-0.1, -0.05) is 0 Å². The lowest BCUT2D eigenvalue weighted by Gasteiger charge is -2.32. The molecule has 12 heavy (non-hydrogen) atoms. The van der Waals surface area contributed by atoms with E-state index < -0.39 is 5.60 Å². The van der Waals surface area contributed by atoms with Gasteiger partial charge in [-0.25, -0.2) is 0 Å². The van der Waals surface area contributed by atoms with Crippen LogP contribution < -0.4 is 5.32 Å². The van der Waals surface area contributed by atoms with E-state index in [0.29, 0.717) is 39.1 Å². The van der Waals surface area contributed by atoms with E-state index in [2.05, 4.69) is 5.32 Å². The topological polar surface area (TPSA) is 61.7 Å². The molecular formula is C8H17NO3. The predicted octanol–water partition coefficient (Wildman–Crippen LogP) is -0.890. The van der Waals surface area contributed by atoms with E-state index in [-0.39, 0.29) is 6.61 Å². The van der Waals surface area contributed by atoms with E-state index in [4.69, 9.17) is 9.84 Å². The number of aliphatic hydroxyl groups is 2. The van der Waals surface area contributed by atoms with Crippen molar-refractivity contribution in [1.29, 1.82) is 0 Å². The first kappa shape index (κ1) is 9.92. The smallest absolute Gasteiger partial charge is 0.0815 e. The van der Waals surface area contributed by atoms with Crippen LogP contribution in [0.2, 0.25) is 0 Å². The highest BCUT2D eigenvalue weighted by Crippen LogP contribution is 2.18. The molecule has 0 amide bonds. The number of ether oxygens (including phenoxy) is 1. The molecule has 1 rings (SSSR count). The second-order valence-electron chi connectivity index (χ2n) is 3.24. The Morgan fingerprint density at radius 1 is 1.33 bits per heavy atom. The lowest BCUT2D eigenvalue weighted by Crippen LogP contribution is -2.45. The third-order valence-corrected chi connectivity index (χ3v) is 2.17. The van der Waals surface area contributed by atoms with Gasteiger partial charge in [-0.3, -0.25) is 0 Å². The molecule has 0 aliphatic carbocycles. The fourth-order valence-corrected chi connectivity index (χ4v) is 1.33. The average molecular weight is 175 g/mol. The Morgan fingerprint density at radius 3 is 2.58 bits per heavy atom. The molecule has 0 saturated carbocycles. The molecule has 4 nitrogen and oxygen atoms in total. The summed E-state index contributed by atoms with van der Waals surface area (Å²) in [7, 11) is 0. The van der Waals surface area contributed by atoms with Crippen molar-refractivity contribution in [2.24, 2.45) is 0 Å². The Kier molecular flexibility index (Phi) is 3.94. The Labute approximate surface area is 72.5 Å². The first-order chi connectivity index (χ1) is 5.77. The molecule has 1 fully saturated rings. The van der Waals surface area contributed by atoms with Gasteiger partial charge >= 0.3 is 0 Å². The normalized spacial score (nSPS) is 22.5. The van der Waals surface area contributed by atoms with Crippen LogP contribution in [-0.2, 0) is 4.74 Å². The molecule has 4 heteroatoms. The monoisotopic (exact) mass is 175 g/mol. The summed E-state index contributed by atoms with van der Waals surface area (Å²) in [6, 6.07) is 0. The summed E-state index contributed by atoms with van der Waals surface area (Å²) in [5, 5.41) is 21.4. The van der Waals surface area contributed by atoms with Crippen molar-refractivity contribution < 1.29 is 14.9 Å². The van der Waals surface area contributed by atoms with E-state index >= 15 is 0 Å². The third-order valence-electron chi connectivity index (χ3n) is 2.17. The molecule has 0 radical (unpaired) electrons. The number of hydrogen-bond donors (Lipinski definition) is 3. The molecule has 0 bridgehead atoms. The van der Waals surface area contributed by atoms with Gasteiger partial charge in [0.05, 0.1) is 12.2 Å². The van der Waals surface area contributed by atoms with Crippen molar-refractivity contribution in [3.05, 3.63) is 0 Å². The minimum Gasteiger partial charge on any atom is -0.395 e. The standard InChI is InChI=1S/C8H17NO3/c10-4-3-9-7-8(11)1-5-12-6-2-8/h9-11H,1-7H2. The van der Waals surface area contributed by atoms with Crippen LogP contribution in [0.1, 0.15) is 12.8 Å². The number of rotatable bonds is 4. The molecule has 0 atom stereocenters. The molecule has 0 unspecified atom stereocenters. The van der Waals surface area contributed by atoms with E-state index in [1.807, 2.05) is 0 Å². The maximum Gasteiger partial charge on any atom is 0.0815 e. The van der Waals surface area contributed by atoms with Gasteiger partial charge in [-0.05, 0) is 0 Å². The van der Waals surface area contributed by atoms with Gasteiger partial charge in [0.25, 0.3) is 0 Å². The fourth-order valence-electron chi connectivity index (χ4n) is 1.33. The lowest BCUT2D eigenvalue weighted by molar-refractivity contribution is -0.0617. The molecule has 1 saturated heterocycles. The molecular weight excluding hydrogens is 158 g/mol. The Morgan fingerprint density at radius 2 is 2.00 bits per heavy atom. The van der Waals surface area contributed by atoms with Crippen molar-refractivity contribution in [2.45, 2.75) is 18.4 Å². The van der Waals surface area contributed by atoms with Gasteiger partial charge in [0, 0.05) is 39.1 Å². The van der Waals surface area contributed by atoms with E-state index in [1.54, 1.807) is 0 Å². The summed E-state index contributed by atoms with van der Waals surface area (Å²) in [4.78, 5) is 0. The summed E-state index contributed by atoms with van der Waals surface area (Å²) in [6.07, 6.45) is 1.37. The zero-order chi connectivity index (χ0) is 8.86. The molecule has 0 aromatic heterocycles. The van der Waals surface area contributed by atoms with Crippen LogP contribution in [0.5, 0.6) is 0 Å². The van der Waals surface area contributed by atoms with Crippen LogP contribution >= 0.6 is 0 Å². The van der Waals surface area contributed by atoms with Crippen molar-refractivity contribution in [2.75, 3.05) is 32.9 Å². The van der Waals surface area contributed by atoms with Crippen molar-refractivity contribution >= 4 is 0 Å². The van der Waals surface area contributed by atoms with Crippen LogP contribution in [-0.4, -0.2) is 48.7 Å². The average Bonchev–Trinajstić information content (AvgIpc) is 2.06. The van der Waals surface area contributed by atoms with Gasteiger partial charge in [0.15, 0.2) is 0 Å². The van der Waals surface area contributed by atoms with Gasteiger partial charge < -0.3 is 20.3 Å². The van der Waals surface area contributed by atoms with Gasteiger partial charge in [-0.2, -0.15) is 0 Å². The molecule has 0 aromatic rings. The molecule has 1 aliphatic rings. The molecule has 3 N–H and O–H groups in total. The van der Waals surface area contributed by atoms with E-state index in [9.17, 15) is 5.11 Å². The third kappa shape index (κ3) is 3.06. The lowest BCUT2D eigenvalue weighted by atomic mass is 9.94. The second kappa shape index (κ2) is 4.77. The van der Waals surface area contributed by atoms with Crippen LogP contribution in [0.3, 0.4) is 0 Å². The SMILES string of the molecule is OCCNCC1(O)CCOCC1. The summed E-state index contributed by atoms with van der Waals surface area (Å²) in [6.45, 7) is 2.49. The zero-order valence-electron chi connectivity index (χ0n) is 7.25. The highest BCUT2D eigenvalue weighted by molar-refractivity contribution is 4.83. The number of aliphatic hydroxyl groups excluding tert-OH is 1. The summed E-state index contributed by atoms with van der Waals surface area (Å²) < 4.78 is 5.13. The van der Waals surface area contributed by atoms with Gasteiger partial charge in [0.2, 0.25) is 0 Å². The predicted molar refractivity (Wildman–Crippen MR) is 45.0 cm³/mol. The highest BCUT2D eigenvalue weighted by atomic mass is 16.5. The van der Waals surface area contributed by atoms with Crippen molar-refractivity contribution in [1.82, 2.24) is 5.32 Å². The Bertz CT molecular complexity index is 123. The second-order valence-corrected chi connectivity index (χ2v) is 3.24. The molecule has 0 spiro atoms. The van der Waals surface area contributed by atoms with Crippen LogP contribution in [0.15, 0.2) is 0 Å². The first-order valence-corrected chi connectivity index (χ1v) is 4.38. The Balaban J connectivity index is 2.17. The minimum atomic E-state index is -0.618. The zero-order valence-corrected chi connectivity index (χ0v) is 7.25. The van der Waals surface area contributed by atoms with Crippen LogP contribution in [0.25, 0.3) is 0 Å². The molecule has 0 aromatic carbocycles. The largest absolute Gasteiger partial charge is 0.395 e. The summed E-state index contributed by atoms with van der Waals surface area (Å²) in [5.74, 6) is 0. The molecule has 1 heterocycles. The van der Waals surface area contributed by atoms with Crippen molar-refractivity contribution in [3.8, 4) is 0 Å². The van der Waals surface area contributed by atoms with E-state index in [0.717, 1.165) is 0 Å². The maximum absolute atomic E-state index is 9.87. The number of nitrogens with one attached hydrogen (secondary N) is 1. The van der Waals surface area contributed by atoms with Crippen molar-refractivity contribution in [3.63, 3.8) is 0 Å².